The lowest BCUT2D eigenvalue weighted by Gasteiger charge is -2.15. The molecule has 23 heavy (non-hydrogen) atoms. The number of phenols is 1. The van der Waals surface area contributed by atoms with Crippen molar-refractivity contribution in [3.05, 3.63) is 78.4 Å². The molecule has 4 heteroatoms. The molecule has 1 N–H and O–H groups in total. The lowest BCUT2D eigenvalue weighted by molar-refractivity contribution is 0.376. The van der Waals surface area contributed by atoms with Gasteiger partial charge in [0.25, 0.3) is 0 Å². The van der Waals surface area contributed by atoms with E-state index in [9.17, 15) is 5.11 Å². The molecule has 0 atom stereocenters. The van der Waals surface area contributed by atoms with Crippen LogP contribution in [0.3, 0.4) is 0 Å². The third-order valence-electron chi connectivity index (χ3n) is 3.25. The zero-order valence-corrected chi connectivity index (χ0v) is 13.9. The molecular formula is C19H15BrO3. The Balaban J connectivity index is 1.95. The molecule has 0 saturated carbocycles. The van der Waals surface area contributed by atoms with Gasteiger partial charge in [0, 0.05) is 10.9 Å². The highest BCUT2D eigenvalue weighted by Crippen LogP contribution is 2.43. The molecule has 0 aliphatic heterocycles. The molecule has 0 unspecified atom stereocenters. The third kappa shape index (κ3) is 3.66. The van der Waals surface area contributed by atoms with Crippen LogP contribution in [0.4, 0.5) is 0 Å². The Morgan fingerprint density at radius 3 is 1.87 bits per heavy atom. The van der Waals surface area contributed by atoms with E-state index in [4.69, 9.17) is 9.47 Å². The Kier molecular flexibility index (Phi) is 4.83. The molecule has 3 aromatic carbocycles. The van der Waals surface area contributed by atoms with Crippen LogP contribution in [0.2, 0.25) is 0 Å². The summed E-state index contributed by atoms with van der Waals surface area (Å²) in [5, 5.41) is 11.1. The number of hydrogen-bond acceptors (Lipinski definition) is 3. The van der Waals surface area contributed by atoms with Crippen LogP contribution in [0, 0.1) is 0 Å². The molecule has 3 aromatic rings. The zero-order chi connectivity index (χ0) is 16.1. The maximum atomic E-state index is 10.6. The number of benzene rings is 3. The fourth-order valence-corrected chi connectivity index (χ4v) is 2.56. The molecule has 3 nitrogen and oxygen atoms in total. The molecule has 0 bridgehead atoms. The second-order valence-electron chi connectivity index (χ2n) is 4.86. The summed E-state index contributed by atoms with van der Waals surface area (Å²) in [6, 6.07) is 22.3. The van der Waals surface area contributed by atoms with Crippen molar-refractivity contribution in [3.8, 4) is 28.7 Å². The van der Waals surface area contributed by atoms with Crippen molar-refractivity contribution in [2.24, 2.45) is 0 Å². The van der Waals surface area contributed by atoms with Gasteiger partial charge < -0.3 is 14.6 Å². The number of ether oxygens (including phenoxy) is 2. The van der Waals surface area contributed by atoms with Gasteiger partial charge in [0.15, 0.2) is 11.5 Å². The largest absolute Gasteiger partial charge is 0.502 e. The standard InChI is InChI=1S/C19H15BrO3/c20-13-14-11-12-17(22-15-7-3-1-4-8-15)18(21)19(14)23-16-9-5-2-6-10-16/h1-12,21H,13H2. The van der Waals surface area contributed by atoms with Crippen molar-refractivity contribution in [1.82, 2.24) is 0 Å². The molecule has 0 aromatic heterocycles. The van der Waals surface area contributed by atoms with E-state index in [0.29, 0.717) is 28.3 Å². The fourth-order valence-electron chi connectivity index (χ4n) is 2.12. The van der Waals surface area contributed by atoms with E-state index in [0.717, 1.165) is 5.56 Å². The normalized spacial score (nSPS) is 10.3. The number of rotatable bonds is 5. The quantitative estimate of drug-likeness (QED) is 0.570. The lowest BCUT2D eigenvalue weighted by atomic mass is 10.2. The molecule has 0 amide bonds. The monoisotopic (exact) mass is 370 g/mol. The van der Waals surface area contributed by atoms with Crippen LogP contribution in [0.15, 0.2) is 72.8 Å². The first-order valence-corrected chi connectivity index (χ1v) is 8.26. The number of aromatic hydroxyl groups is 1. The number of alkyl halides is 1. The van der Waals surface area contributed by atoms with Crippen LogP contribution in [-0.2, 0) is 5.33 Å². The maximum Gasteiger partial charge on any atom is 0.202 e. The minimum absolute atomic E-state index is 0.0188. The summed E-state index contributed by atoms with van der Waals surface area (Å²) in [5.41, 5.74) is 0.840. The van der Waals surface area contributed by atoms with Gasteiger partial charge in [-0.1, -0.05) is 58.4 Å². The van der Waals surface area contributed by atoms with E-state index < -0.39 is 0 Å². The van der Waals surface area contributed by atoms with Crippen LogP contribution >= 0.6 is 15.9 Å². The van der Waals surface area contributed by atoms with Crippen LogP contribution in [0.1, 0.15) is 5.56 Å². The molecule has 116 valence electrons. The first-order valence-electron chi connectivity index (χ1n) is 7.14. The smallest absolute Gasteiger partial charge is 0.202 e. The highest BCUT2D eigenvalue weighted by Gasteiger charge is 2.16. The summed E-state index contributed by atoms with van der Waals surface area (Å²) in [7, 11) is 0. The van der Waals surface area contributed by atoms with Crippen LogP contribution in [-0.4, -0.2) is 5.11 Å². The van der Waals surface area contributed by atoms with Gasteiger partial charge in [0.1, 0.15) is 11.5 Å². The van der Waals surface area contributed by atoms with E-state index in [1.165, 1.54) is 0 Å². The van der Waals surface area contributed by atoms with Gasteiger partial charge in [-0.05, 0) is 30.3 Å². The van der Waals surface area contributed by atoms with Gasteiger partial charge in [-0.2, -0.15) is 0 Å². The second kappa shape index (κ2) is 7.20. The number of phenolic OH excluding ortho intramolecular Hbond substituents is 1. The SMILES string of the molecule is Oc1c(Oc2ccccc2)ccc(CBr)c1Oc1ccccc1. The molecule has 0 radical (unpaired) electrons. The Bertz CT molecular complexity index is 773. The average molecular weight is 371 g/mol. The predicted molar refractivity (Wildman–Crippen MR) is 93.8 cm³/mol. The molecule has 0 spiro atoms. The number of para-hydroxylation sites is 2. The highest BCUT2D eigenvalue weighted by atomic mass is 79.9. The first-order chi connectivity index (χ1) is 11.3. The Morgan fingerprint density at radius 2 is 1.30 bits per heavy atom. The van der Waals surface area contributed by atoms with Crippen molar-refractivity contribution in [2.75, 3.05) is 0 Å². The minimum atomic E-state index is -0.0188. The summed E-state index contributed by atoms with van der Waals surface area (Å²) in [6.07, 6.45) is 0. The molecule has 0 aliphatic carbocycles. The minimum Gasteiger partial charge on any atom is -0.502 e. The highest BCUT2D eigenvalue weighted by molar-refractivity contribution is 9.08. The Morgan fingerprint density at radius 1 is 0.739 bits per heavy atom. The summed E-state index contributed by atoms with van der Waals surface area (Å²) in [4.78, 5) is 0. The molecule has 3 rings (SSSR count). The molecule has 0 aliphatic rings. The first kappa shape index (κ1) is 15.4. The average Bonchev–Trinajstić information content (AvgIpc) is 2.60. The third-order valence-corrected chi connectivity index (χ3v) is 3.86. The van der Waals surface area contributed by atoms with Crippen LogP contribution in [0.25, 0.3) is 0 Å². The molecule has 0 saturated heterocycles. The van der Waals surface area contributed by atoms with E-state index >= 15 is 0 Å². The van der Waals surface area contributed by atoms with Gasteiger partial charge >= 0.3 is 0 Å². The van der Waals surface area contributed by atoms with Crippen molar-refractivity contribution in [1.29, 1.82) is 0 Å². The summed E-state index contributed by atoms with van der Waals surface area (Å²) >= 11 is 3.42. The van der Waals surface area contributed by atoms with E-state index in [1.54, 1.807) is 6.07 Å². The number of hydrogen-bond donors (Lipinski definition) is 1. The second-order valence-corrected chi connectivity index (χ2v) is 5.43. The van der Waals surface area contributed by atoms with Crippen molar-refractivity contribution >= 4 is 15.9 Å². The molecule has 0 fully saturated rings. The van der Waals surface area contributed by atoms with Crippen LogP contribution in [0.5, 0.6) is 28.7 Å². The van der Waals surface area contributed by atoms with Gasteiger partial charge in [-0.25, -0.2) is 0 Å². The van der Waals surface area contributed by atoms with Gasteiger partial charge in [-0.3, -0.25) is 0 Å². The molecule has 0 heterocycles. The summed E-state index contributed by atoms with van der Waals surface area (Å²) in [5.74, 6) is 2.03. The van der Waals surface area contributed by atoms with Gasteiger partial charge in [-0.15, -0.1) is 0 Å². The Labute approximate surface area is 143 Å². The fraction of sp³-hybridized carbons (Fsp3) is 0.0526. The van der Waals surface area contributed by atoms with Gasteiger partial charge in [0.05, 0.1) is 0 Å². The summed E-state index contributed by atoms with van der Waals surface area (Å²) in [6.45, 7) is 0. The van der Waals surface area contributed by atoms with Crippen LogP contribution < -0.4 is 9.47 Å². The number of halogens is 1. The van der Waals surface area contributed by atoms with Crippen molar-refractivity contribution < 1.29 is 14.6 Å². The van der Waals surface area contributed by atoms with E-state index in [2.05, 4.69) is 15.9 Å². The summed E-state index contributed by atoms with van der Waals surface area (Å²) < 4.78 is 11.6. The van der Waals surface area contributed by atoms with Crippen molar-refractivity contribution in [2.45, 2.75) is 5.33 Å². The van der Waals surface area contributed by atoms with E-state index in [-0.39, 0.29) is 5.75 Å². The van der Waals surface area contributed by atoms with E-state index in [1.807, 2.05) is 66.7 Å². The topological polar surface area (TPSA) is 38.7 Å². The molecular weight excluding hydrogens is 356 g/mol. The maximum absolute atomic E-state index is 10.6. The van der Waals surface area contributed by atoms with Crippen molar-refractivity contribution in [3.63, 3.8) is 0 Å². The predicted octanol–water partition coefficient (Wildman–Crippen LogP) is 5.87. The lowest BCUT2D eigenvalue weighted by Crippen LogP contribution is -1.93. The Hall–Kier alpha value is -2.46. The zero-order valence-electron chi connectivity index (χ0n) is 12.3. The van der Waals surface area contributed by atoms with Gasteiger partial charge in [0.2, 0.25) is 5.75 Å².